The first-order chi connectivity index (χ1) is 16.0. The minimum atomic E-state index is -0.838. The van der Waals surface area contributed by atoms with Crippen LogP contribution in [-0.4, -0.2) is 70.8 Å². The third-order valence-electron chi connectivity index (χ3n) is 5.98. The largest absolute Gasteiger partial charge is 0.461 e. The van der Waals surface area contributed by atoms with Crippen molar-refractivity contribution in [3.05, 3.63) is 35.9 Å². The van der Waals surface area contributed by atoms with E-state index in [0.29, 0.717) is 12.8 Å². The van der Waals surface area contributed by atoms with Crippen LogP contribution >= 0.6 is 0 Å². The summed E-state index contributed by atoms with van der Waals surface area (Å²) in [5.41, 5.74) is 0.563. The Morgan fingerprint density at radius 3 is 2.41 bits per heavy atom. The van der Waals surface area contributed by atoms with Crippen LogP contribution < -0.4 is 0 Å². The van der Waals surface area contributed by atoms with Crippen molar-refractivity contribution in [2.75, 3.05) is 13.2 Å². The highest BCUT2D eigenvalue weighted by Gasteiger charge is 2.54. The van der Waals surface area contributed by atoms with Crippen molar-refractivity contribution in [1.82, 2.24) is 4.90 Å². The third kappa shape index (κ3) is 7.50. The lowest BCUT2D eigenvalue weighted by molar-refractivity contribution is -0.159. The summed E-state index contributed by atoms with van der Waals surface area (Å²) in [4.78, 5) is 26.8. The summed E-state index contributed by atoms with van der Waals surface area (Å²) >= 11 is 0. The molecule has 1 N–H and O–H groups in total. The standard InChI is InChI=1S/C26H39NO7/c1-25(2,3)32-17-19-23-24(34-26(4,5)33-23)20(28)15-27(19)21(29)13-9-10-14-22(30)31-16-18-11-7-6-8-12-18/h6-8,11-12,19-20,23-24,28H,9-10,13-17H2,1-5H3/t19?,20-,23+,24-/m1/s1. The summed E-state index contributed by atoms with van der Waals surface area (Å²) in [6, 6.07) is 9.16. The molecule has 1 amide bonds. The molecule has 0 saturated carbocycles. The molecule has 1 unspecified atom stereocenters. The molecular weight excluding hydrogens is 438 g/mol. The summed E-state index contributed by atoms with van der Waals surface area (Å²) in [6.07, 6.45) is -0.186. The van der Waals surface area contributed by atoms with E-state index in [2.05, 4.69) is 0 Å². The number of aliphatic hydroxyl groups is 1. The van der Waals surface area contributed by atoms with Crippen molar-refractivity contribution in [3.63, 3.8) is 0 Å². The van der Waals surface area contributed by atoms with Crippen LogP contribution in [0.2, 0.25) is 0 Å². The fourth-order valence-electron chi connectivity index (χ4n) is 4.34. The zero-order valence-electron chi connectivity index (χ0n) is 21.0. The van der Waals surface area contributed by atoms with Gasteiger partial charge in [0.05, 0.1) is 18.2 Å². The number of ether oxygens (including phenoxy) is 4. The number of β-amino-alcohol motifs (C(OH)–C–C–N with tert-alkyl or cyclic N) is 1. The fraction of sp³-hybridized carbons (Fsp3) is 0.692. The number of rotatable bonds is 9. The molecule has 1 aromatic rings. The van der Waals surface area contributed by atoms with Crippen molar-refractivity contribution in [1.29, 1.82) is 0 Å². The predicted octanol–water partition coefficient (Wildman–Crippen LogP) is 3.20. The average Bonchev–Trinajstić information content (AvgIpc) is 3.10. The van der Waals surface area contributed by atoms with E-state index in [0.717, 1.165) is 5.56 Å². The van der Waals surface area contributed by atoms with Gasteiger partial charge in [-0.05, 0) is 53.0 Å². The van der Waals surface area contributed by atoms with E-state index in [-0.39, 0.29) is 56.1 Å². The number of nitrogens with zero attached hydrogens (tertiary/aromatic N) is 1. The molecule has 0 bridgehead atoms. The number of hydrogen-bond donors (Lipinski definition) is 1. The number of hydrogen-bond acceptors (Lipinski definition) is 7. The van der Waals surface area contributed by atoms with Crippen molar-refractivity contribution >= 4 is 11.9 Å². The maximum atomic E-state index is 13.1. The van der Waals surface area contributed by atoms with Crippen molar-refractivity contribution in [3.8, 4) is 0 Å². The number of fused-ring (bicyclic) bond motifs is 1. The molecule has 0 radical (unpaired) electrons. The highest BCUT2D eigenvalue weighted by molar-refractivity contribution is 5.77. The maximum absolute atomic E-state index is 13.1. The predicted molar refractivity (Wildman–Crippen MR) is 126 cm³/mol. The van der Waals surface area contributed by atoms with E-state index < -0.39 is 24.1 Å². The van der Waals surface area contributed by atoms with E-state index in [1.165, 1.54) is 0 Å². The monoisotopic (exact) mass is 477 g/mol. The fourth-order valence-corrected chi connectivity index (χ4v) is 4.34. The van der Waals surface area contributed by atoms with Gasteiger partial charge in [-0.25, -0.2) is 0 Å². The lowest BCUT2D eigenvalue weighted by Gasteiger charge is -2.44. The molecule has 4 atom stereocenters. The number of unbranched alkanes of at least 4 members (excludes halogenated alkanes) is 1. The summed E-state index contributed by atoms with van der Waals surface area (Å²) in [7, 11) is 0. The van der Waals surface area contributed by atoms with E-state index in [1.54, 1.807) is 4.90 Å². The second-order valence-corrected chi connectivity index (χ2v) is 10.5. The number of amides is 1. The Labute approximate surface area is 202 Å². The SMILES string of the molecule is CC(C)(C)OCC1[C@@H]2OC(C)(C)O[C@@H]2[C@H](O)CN1C(=O)CCCCC(=O)OCc1ccccc1. The molecule has 190 valence electrons. The molecule has 2 heterocycles. The van der Waals surface area contributed by atoms with E-state index >= 15 is 0 Å². The van der Waals surface area contributed by atoms with Gasteiger partial charge in [-0.3, -0.25) is 9.59 Å². The molecule has 2 fully saturated rings. The smallest absolute Gasteiger partial charge is 0.306 e. The van der Waals surface area contributed by atoms with Gasteiger partial charge in [0.2, 0.25) is 5.91 Å². The summed E-state index contributed by atoms with van der Waals surface area (Å²) in [5, 5.41) is 10.7. The molecular formula is C26H39NO7. The lowest BCUT2D eigenvalue weighted by Crippen LogP contribution is -2.63. The highest BCUT2D eigenvalue weighted by atomic mass is 16.8. The molecule has 2 aliphatic rings. The van der Waals surface area contributed by atoms with Gasteiger partial charge in [0, 0.05) is 19.4 Å². The van der Waals surface area contributed by atoms with Gasteiger partial charge >= 0.3 is 5.97 Å². The third-order valence-corrected chi connectivity index (χ3v) is 5.98. The molecule has 3 rings (SSSR count). The van der Waals surface area contributed by atoms with Crippen LogP contribution in [0.1, 0.15) is 65.9 Å². The molecule has 0 spiro atoms. The van der Waals surface area contributed by atoms with Crippen LogP contribution in [0.3, 0.4) is 0 Å². The van der Waals surface area contributed by atoms with E-state index in [9.17, 15) is 14.7 Å². The molecule has 2 aliphatic heterocycles. The van der Waals surface area contributed by atoms with Gasteiger partial charge in [-0.15, -0.1) is 0 Å². The molecule has 0 aliphatic carbocycles. The normalized spacial score (nSPS) is 26.2. The number of esters is 1. The number of benzene rings is 1. The van der Waals surface area contributed by atoms with Gasteiger partial charge in [0.15, 0.2) is 5.79 Å². The van der Waals surface area contributed by atoms with Gasteiger partial charge in [-0.2, -0.15) is 0 Å². The number of carbonyl (C=O) groups is 2. The Morgan fingerprint density at radius 1 is 1.09 bits per heavy atom. The Bertz CT molecular complexity index is 820. The van der Waals surface area contributed by atoms with Crippen LogP contribution in [-0.2, 0) is 35.1 Å². The lowest BCUT2D eigenvalue weighted by atomic mass is 9.93. The van der Waals surface area contributed by atoms with Crippen LogP contribution in [0.15, 0.2) is 30.3 Å². The van der Waals surface area contributed by atoms with Crippen molar-refractivity contribution in [2.24, 2.45) is 0 Å². The first-order valence-electron chi connectivity index (χ1n) is 12.1. The summed E-state index contributed by atoms with van der Waals surface area (Å²) in [6.45, 7) is 10.2. The number of piperidine rings is 1. The van der Waals surface area contributed by atoms with E-state index in [4.69, 9.17) is 18.9 Å². The van der Waals surface area contributed by atoms with Crippen LogP contribution in [0.5, 0.6) is 0 Å². The molecule has 34 heavy (non-hydrogen) atoms. The van der Waals surface area contributed by atoms with Gasteiger partial charge < -0.3 is 29.0 Å². The highest BCUT2D eigenvalue weighted by Crippen LogP contribution is 2.37. The van der Waals surface area contributed by atoms with E-state index in [1.807, 2.05) is 65.0 Å². The Balaban J connectivity index is 1.51. The second kappa shape index (κ2) is 11.2. The quantitative estimate of drug-likeness (QED) is 0.431. The molecule has 2 saturated heterocycles. The zero-order valence-corrected chi connectivity index (χ0v) is 21.0. The molecule has 0 aromatic heterocycles. The first-order valence-corrected chi connectivity index (χ1v) is 12.1. The minimum absolute atomic E-state index is 0.0917. The maximum Gasteiger partial charge on any atom is 0.306 e. The number of aliphatic hydroxyl groups excluding tert-OH is 1. The Kier molecular flexibility index (Phi) is 8.73. The first kappa shape index (κ1) is 26.6. The van der Waals surface area contributed by atoms with Crippen LogP contribution in [0, 0.1) is 0 Å². The Hall–Kier alpha value is -2.00. The van der Waals surface area contributed by atoms with Crippen LogP contribution in [0.4, 0.5) is 0 Å². The molecule has 8 nitrogen and oxygen atoms in total. The van der Waals surface area contributed by atoms with Gasteiger partial charge in [0.25, 0.3) is 0 Å². The van der Waals surface area contributed by atoms with Gasteiger partial charge in [0.1, 0.15) is 24.9 Å². The number of likely N-dealkylation sites (tertiary alicyclic amines) is 1. The second-order valence-electron chi connectivity index (χ2n) is 10.5. The summed E-state index contributed by atoms with van der Waals surface area (Å²) in [5.74, 6) is -1.20. The average molecular weight is 478 g/mol. The van der Waals surface area contributed by atoms with Crippen molar-refractivity contribution < 1.29 is 33.6 Å². The van der Waals surface area contributed by atoms with Crippen molar-refractivity contribution in [2.45, 2.75) is 103 Å². The summed E-state index contributed by atoms with van der Waals surface area (Å²) < 4.78 is 23.3. The molecule has 1 aromatic carbocycles. The zero-order chi connectivity index (χ0) is 24.9. The number of carbonyl (C=O) groups excluding carboxylic acids is 2. The topological polar surface area (TPSA) is 94.5 Å². The van der Waals surface area contributed by atoms with Gasteiger partial charge in [-0.1, -0.05) is 30.3 Å². The minimum Gasteiger partial charge on any atom is -0.461 e. The Morgan fingerprint density at radius 2 is 1.74 bits per heavy atom. The molecule has 8 heteroatoms. The van der Waals surface area contributed by atoms with Crippen LogP contribution in [0.25, 0.3) is 0 Å².